The van der Waals surface area contributed by atoms with Crippen molar-refractivity contribution in [3.05, 3.63) is 48.0 Å². The normalized spacial score (nSPS) is 12.3. The van der Waals surface area contributed by atoms with Gasteiger partial charge in [-0.3, -0.25) is 0 Å². The summed E-state index contributed by atoms with van der Waals surface area (Å²) in [5, 5.41) is 6.23. The van der Waals surface area contributed by atoms with Crippen molar-refractivity contribution in [3.63, 3.8) is 0 Å². The summed E-state index contributed by atoms with van der Waals surface area (Å²) < 4.78 is 0. The van der Waals surface area contributed by atoms with Crippen LogP contribution in [0.4, 0.5) is 0 Å². The highest BCUT2D eigenvalue weighted by molar-refractivity contribution is 5.82. The number of hydrogen-bond acceptors (Lipinski definition) is 1. The van der Waals surface area contributed by atoms with Crippen LogP contribution in [-0.2, 0) is 6.54 Å². The maximum absolute atomic E-state index is 3.59. The minimum atomic E-state index is 0.344. The molecule has 1 N–H and O–H groups in total. The van der Waals surface area contributed by atoms with Gasteiger partial charge >= 0.3 is 0 Å². The molecule has 19 heavy (non-hydrogen) atoms. The largest absolute Gasteiger partial charge is 0.312 e. The van der Waals surface area contributed by atoms with Crippen LogP contribution in [0.25, 0.3) is 10.8 Å². The SMILES string of the molecule is CC(C)C(C)(C)CNCc1ccc2ccccc2c1. The van der Waals surface area contributed by atoms with Gasteiger partial charge in [0.15, 0.2) is 0 Å². The minimum Gasteiger partial charge on any atom is -0.312 e. The van der Waals surface area contributed by atoms with Gasteiger partial charge in [0.05, 0.1) is 0 Å². The molecule has 0 radical (unpaired) electrons. The summed E-state index contributed by atoms with van der Waals surface area (Å²) in [7, 11) is 0. The summed E-state index contributed by atoms with van der Waals surface area (Å²) in [6.07, 6.45) is 0. The molecule has 0 bridgehead atoms. The molecule has 0 unspecified atom stereocenters. The van der Waals surface area contributed by atoms with E-state index in [9.17, 15) is 0 Å². The van der Waals surface area contributed by atoms with E-state index in [2.05, 4.69) is 75.5 Å². The van der Waals surface area contributed by atoms with Gasteiger partial charge in [0.1, 0.15) is 0 Å². The van der Waals surface area contributed by atoms with E-state index in [4.69, 9.17) is 0 Å². The fourth-order valence-corrected chi connectivity index (χ4v) is 2.08. The highest BCUT2D eigenvalue weighted by atomic mass is 14.9. The first-order valence-electron chi connectivity index (χ1n) is 7.17. The van der Waals surface area contributed by atoms with Crippen molar-refractivity contribution in [2.45, 2.75) is 34.2 Å². The second-order valence-electron chi connectivity index (χ2n) is 6.43. The van der Waals surface area contributed by atoms with Gasteiger partial charge in [-0.1, -0.05) is 64.1 Å². The van der Waals surface area contributed by atoms with Gasteiger partial charge in [0.2, 0.25) is 0 Å². The fourth-order valence-electron chi connectivity index (χ4n) is 2.08. The van der Waals surface area contributed by atoms with Crippen LogP contribution in [0.15, 0.2) is 42.5 Å². The monoisotopic (exact) mass is 255 g/mol. The molecule has 0 aliphatic rings. The maximum Gasteiger partial charge on any atom is 0.0205 e. The van der Waals surface area contributed by atoms with Gasteiger partial charge in [-0.05, 0) is 33.7 Å². The number of nitrogens with one attached hydrogen (secondary N) is 1. The van der Waals surface area contributed by atoms with Crippen LogP contribution >= 0.6 is 0 Å². The highest BCUT2D eigenvalue weighted by Crippen LogP contribution is 2.24. The van der Waals surface area contributed by atoms with E-state index in [0.717, 1.165) is 13.1 Å². The van der Waals surface area contributed by atoms with Crippen LogP contribution in [0.5, 0.6) is 0 Å². The Hall–Kier alpha value is -1.34. The molecular formula is C18H25N. The van der Waals surface area contributed by atoms with Crippen LogP contribution in [-0.4, -0.2) is 6.54 Å². The molecule has 102 valence electrons. The zero-order valence-electron chi connectivity index (χ0n) is 12.5. The lowest BCUT2D eigenvalue weighted by atomic mass is 9.81. The van der Waals surface area contributed by atoms with E-state index in [0.29, 0.717) is 11.3 Å². The van der Waals surface area contributed by atoms with Gasteiger partial charge in [-0.25, -0.2) is 0 Å². The van der Waals surface area contributed by atoms with E-state index in [1.165, 1.54) is 16.3 Å². The van der Waals surface area contributed by atoms with Crippen LogP contribution in [0.1, 0.15) is 33.3 Å². The van der Waals surface area contributed by atoms with E-state index in [1.54, 1.807) is 0 Å². The van der Waals surface area contributed by atoms with Crippen molar-refractivity contribution in [3.8, 4) is 0 Å². The molecule has 2 rings (SSSR count). The lowest BCUT2D eigenvalue weighted by Crippen LogP contribution is -2.33. The van der Waals surface area contributed by atoms with Crippen LogP contribution in [0, 0.1) is 11.3 Å². The number of benzene rings is 2. The minimum absolute atomic E-state index is 0.344. The Morgan fingerprint density at radius 1 is 1.00 bits per heavy atom. The molecule has 2 aromatic rings. The lowest BCUT2D eigenvalue weighted by molar-refractivity contribution is 0.238. The summed E-state index contributed by atoms with van der Waals surface area (Å²) in [6, 6.07) is 15.2. The fraction of sp³-hybridized carbons (Fsp3) is 0.444. The van der Waals surface area contributed by atoms with Crippen LogP contribution < -0.4 is 5.32 Å². The lowest BCUT2D eigenvalue weighted by Gasteiger charge is -2.29. The second-order valence-corrected chi connectivity index (χ2v) is 6.43. The first-order valence-corrected chi connectivity index (χ1v) is 7.17. The molecule has 1 nitrogen and oxygen atoms in total. The highest BCUT2D eigenvalue weighted by Gasteiger charge is 2.21. The summed E-state index contributed by atoms with van der Waals surface area (Å²) in [5.41, 5.74) is 1.70. The zero-order chi connectivity index (χ0) is 13.9. The quantitative estimate of drug-likeness (QED) is 0.822. The average molecular weight is 255 g/mol. The Kier molecular flexibility index (Phi) is 4.26. The molecule has 0 spiro atoms. The van der Waals surface area contributed by atoms with Gasteiger partial charge in [0.25, 0.3) is 0 Å². The smallest absolute Gasteiger partial charge is 0.0205 e. The molecule has 0 heterocycles. The summed E-state index contributed by atoms with van der Waals surface area (Å²) >= 11 is 0. The molecule has 0 saturated heterocycles. The predicted octanol–water partition coefficient (Wildman–Crippen LogP) is 4.61. The number of rotatable bonds is 5. The van der Waals surface area contributed by atoms with Crippen molar-refractivity contribution in [1.29, 1.82) is 0 Å². The third kappa shape index (κ3) is 3.57. The zero-order valence-corrected chi connectivity index (χ0v) is 12.5. The first-order chi connectivity index (χ1) is 8.99. The Balaban J connectivity index is 1.98. The maximum atomic E-state index is 3.59. The van der Waals surface area contributed by atoms with Crippen LogP contribution in [0.2, 0.25) is 0 Å². The van der Waals surface area contributed by atoms with Gasteiger partial charge in [0, 0.05) is 13.1 Å². The molecule has 0 amide bonds. The number of fused-ring (bicyclic) bond motifs is 1. The molecule has 0 aliphatic carbocycles. The third-order valence-corrected chi connectivity index (χ3v) is 4.29. The van der Waals surface area contributed by atoms with Crippen molar-refractivity contribution < 1.29 is 0 Å². The summed E-state index contributed by atoms with van der Waals surface area (Å²) in [4.78, 5) is 0. The molecule has 0 fully saturated rings. The van der Waals surface area contributed by atoms with Crippen molar-refractivity contribution in [2.24, 2.45) is 11.3 Å². The topological polar surface area (TPSA) is 12.0 Å². The third-order valence-electron chi connectivity index (χ3n) is 4.29. The van der Waals surface area contributed by atoms with Crippen molar-refractivity contribution >= 4 is 10.8 Å². The molecule has 0 aromatic heterocycles. The Labute approximate surface area is 117 Å². The molecule has 0 atom stereocenters. The molecule has 0 aliphatic heterocycles. The second kappa shape index (κ2) is 5.75. The first kappa shape index (κ1) is 14.1. The van der Waals surface area contributed by atoms with E-state index in [-0.39, 0.29) is 0 Å². The van der Waals surface area contributed by atoms with Crippen LogP contribution in [0.3, 0.4) is 0 Å². The Bertz CT molecular complexity index is 540. The summed E-state index contributed by atoms with van der Waals surface area (Å²) in [6.45, 7) is 11.2. The average Bonchev–Trinajstić information content (AvgIpc) is 2.38. The Morgan fingerprint density at radius 3 is 2.37 bits per heavy atom. The molecular weight excluding hydrogens is 230 g/mol. The van der Waals surface area contributed by atoms with E-state index < -0.39 is 0 Å². The van der Waals surface area contributed by atoms with E-state index in [1.807, 2.05) is 0 Å². The molecule has 2 aromatic carbocycles. The Morgan fingerprint density at radius 2 is 1.68 bits per heavy atom. The molecule has 1 heteroatoms. The van der Waals surface area contributed by atoms with Crippen molar-refractivity contribution in [1.82, 2.24) is 5.32 Å². The van der Waals surface area contributed by atoms with E-state index >= 15 is 0 Å². The van der Waals surface area contributed by atoms with Gasteiger partial charge < -0.3 is 5.32 Å². The standard InChI is InChI=1S/C18H25N/c1-14(2)18(3,4)13-19-12-15-9-10-16-7-5-6-8-17(16)11-15/h5-11,14,19H,12-13H2,1-4H3. The van der Waals surface area contributed by atoms with Gasteiger partial charge in [-0.15, -0.1) is 0 Å². The van der Waals surface area contributed by atoms with Gasteiger partial charge in [-0.2, -0.15) is 0 Å². The summed E-state index contributed by atoms with van der Waals surface area (Å²) in [5.74, 6) is 0.691. The molecule has 0 saturated carbocycles. The van der Waals surface area contributed by atoms with Crippen molar-refractivity contribution in [2.75, 3.05) is 6.54 Å². The predicted molar refractivity (Wildman–Crippen MR) is 84.3 cm³/mol. The number of hydrogen-bond donors (Lipinski definition) is 1.